The van der Waals surface area contributed by atoms with Crippen molar-refractivity contribution >= 4 is 11.6 Å². The summed E-state index contributed by atoms with van der Waals surface area (Å²) in [4.78, 5) is 0. The van der Waals surface area contributed by atoms with Crippen LogP contribution in [0.25, 0.3) is 0 Å². The van der Waals surface area contributed by atoms with Crippen LogP contribution in [0.4, 0.5) is 4.39 Å². The van der Waals surface area contributed by atoms with Crippen LogP contribution in [0.1, 0.15) is 30.4 Å². The average molecular weight is 238 g/mol. The van der Waals surface area contributed by atoms with Crippen LogP contribution in [0.2, 0.25) is 5.02 Å². The smallest absolute Gasteiger partial charge is 0.126 e. The molecule has 0 N–H and O–H groups in total. The van der Waals surface area contributed by atoms with E-state index in [2.05, 4.69) is 6.07 Å². The summed E-state index contributed by atoms with van der Waals surface area (Å²) >= 11 is 6.07. The van der Waals surface area contributed by atoms with E-state index in [1.807, 2.05) is 0 Å². The minimum absolute atomic E-state index is 0.244. The molecular formula is C13H13ClFN. The van der Waals surface area contributed by atoms with E-state index in [0.717, 1.165) is 24.8 Å². The van der Waals surface area contributed by atoms with Gasteiger partial charge in [0.05, 0.1) is 11.5 Å². The lowest BCUT2D eigenvalue weighted by Crippen LogP contribution is -2.30. The lowest BCUT2D eigenvalue weighted by atomic mass is 9.66. The van der Waals surface area contributed by atoms with Crippen LogP contribution in [-0.4, -0.2) is 0 Å². The number of hydrogen-bond acceptors (Lipinski definition) is 1. The highest BCUT2D eigenvalue weighted by Gasteiger charge is 2.37. The fraction of sp³-hybridized carbons (Fsp3) is 0.462. The van der Waals surface area contributed by atoms with Crippen LogP contribution in [0, 0.1) is 29.5 Å². The van der Waals surface area contributed by atoms with Crippen molar-refractivity contribution in [2.45, 2.75) is 32.6 Å². The van der Waals surface area contributed by atoms with E-state index in [4.69, 9.17) is 16.9 Å². The maximum absolute atomic E-state index is 13.4. The first-order valence-electron chi connectivity index (χ1n) is 5.42. The van der Waals surface area contributed by atoms with Gasteiger partial charge in [-0.25, -0.2) is 4.39 Å². The summed E-state index contributed by atoms with van der Waals surface area (Å²) in [6, 6.07) is 5.45. The second-order valence-electron chi connectivity index (χ2n) is 4.62. The summed E-state index contributed by atoms with van der Waals surface area (Å²) in [6.45, 7) is 1.69. The van der Waals surface area contributed by atoms with Gasteiger partial charge < -0.3 is 0 Å². The van der Waals surface area contributed by atoms with E-state index in [1.165, 1.54) is 6.07 Å². The molecule has 0 aliphatic heterocycles. The number of nitrogens with zero attached hydrogens (tertiary/aromatic N) is 1. The molecule has 3 heteroatoms. The van der Waals surface area contributed by atoms with E-state index in [-0.39, 0.29) is 11.2 Å². The molecule has 0 radical (unpaired) electrons. The second-order valence-corrected chi connectivity index (χ2v) is 5.02. The highest BCUT2D eigenvalue weighted by atomic mass is 35.5. The molecule has 1 aromatic carbocycles. The molecule has 0 bridgehead atoms. The molecule has 84 valence electrons. The molecule has 1 saturated carbocycles. The lowest BCUT2D eigenvalue weighted by molar-refractivity contribution is 0.214. The van der Waals surface area contributed by atoms with Gasteiger partial charge in [0.1, 0.15) is 5.82 Å². The SMILES string of the molecule is Cc1cc(Cl)c(CC2(C#N)CCC2)cc1F. The van der Waals surface area contributed by atoms with Crippen LogP contribution in [-0.2, 0) is 6.42 Å². The molecule has 16 heavy (non-hydrogen) atoms. The highest BCUT2D eigenvalue weighted by Crippen LogP contribution is 2.44. The molecule has 0 unspecified atom stereocenters. The molecule has 0 heterocycles. The maximum atomic E-state index is 13.4. The van der Waals surface area contributed by atoms with Gasteiger partial charge in [0, 0.05) is 5.02 Å². The first kappa shape index (κ1) is 11.4. The van der Waals surface area contributed by atoms with Crippen LogP contribution in [0.3, 0.4) is 0 Å². The van der Waals surface area contributed by atoms with Gasteiger partial charge in [-0.3, -0.25) is 0 Å². The summed E-state index contributed by atoms with van der Waals surface area (Å²) in [7, 11) is 0. The zero-order valence-corrected chi connectivity index (χ0v) is 9.94. The molecule has 1 fully saturated rings. The zero-order valence-electron chi connectivity index (χ0n) is 9.19. The largest absolute Gasteiger partial charge is 0.207 e. The molecule has 0 atom stereocenters. The summed E-state index contributed by atoms with van der Waals surface area (Å²) in [5.74, 6) is -0.244. The van der Waals surface area contributed by atoms with E-state index >= 15 is 0 Å². The molecule has 1 aliphatic carbocycles. The van der Waals surface area contributed by atoms with E-state index in [1.54, 1.807) is 13.0 Å². The third-order valence-electron chi connectivity index (χ3n) is 3.40. The first-order chi connectivity index (χ1) is 7.56. The number of nitriles is 1. The molecule has 2 rings (SSSR count). The summed E-state index contributed by atoms with van der Waals surface area (Å²) in [5.41, 5.74) is 1.00. The minimum Gasteiger partial charge on any atom is -0.207 e. The van der Waals surface area contributed by atoms with E-state index in [9.17, 15) is 4.39 Å². The second kappa shape index (κ2) is 4.07. The normalized spacial score (nSPS) is 17.6. The maximum Gasteiger partial charge on any atom is 0.126 e. The van der Waals surface area contributed by atoms with Crippen LogP contribution in [0.15, 0.2) is 12.1 Å². The predicted molar refractivity (Wildman–Crippen MR) is 61.7 cm³/mol. The Morgan fingerprint density at radius 2 is 2.19 bits per heavy atom. The van der Waals surface area contributed by atoms with E-state index in [0.29, 0.717) is 17.0 Å². The van der Waals surface area contributed by atoms with Crippen LogP contribution in [0.5, 0.6) is 0 Å². The van der Waals surface area contributed by atoms with Crippen LogP contribution < -0.4 is 0 Å². The van der Waals surface area contributed by atoms with Crippen molar-refractivity contribution in [3.63, 3.8) is 0 Å². The Bertz CT molecular complexity index is 458. The first-order valence-corrected chi connectivity index (χ1v) is 5.80. The Morgan fingerprint density at radius 3 is 2.69 bits per heavy atom. The lowest BCUT2D eigenvalue weighted by Gasteiger charge is -2.35. The Hall–Kier alpha value is -1.07. The number of benzene rings is 1. The van der Waals surface area contributed by atoms with Crippen molar-refractivity contribution in [3.05, 3.63) is 34.1 Å². The fourth-order valence-electron chi connectivity index (χ4n) is 2.12. The third-order valence-corrected chi connectivity index (χ3v) is 3.76. The Kier molecular flexibility index (Phi) is 2.90. The summed E-state index contributed by atoms with van der Waals surface area (Å²) in [6.07, 6.45) is 3.45. The molecule has 0 saturated heterocycles. The predicted octanol–water partition coefficient (Wildman–Crippen LogP) is 4.02. The molecule has 1 aromatic rings. The van der Waals surface area contributed by atoms with Crippen LogP contribution >= 0.6 is 11.6 Å². The van der Waals surface area contributed by atoms with Gasteiger partial charge in [-0.15, -0.1) is 0 Å². The van der Waals surface area contributed by atoms with Gasteiger partial charge in [0.25, 0.3) is 0 Å². The number of rotatable bonds is 2. The average Bonchev–Trinajstić information content (AvgIpc) is 2.19. The number of aryl methyl sites for hydroxylation is 1. The number of hydrogen-bond donors (Lipinski definition) is 0. The Balaban J connectivity index is 2.28. The Labute approximate surface area is 99.8 Å². The van der Waals surface area contributed by atoms with Crippen molar-refractivity contribution in [2.24, 2.45) is 5.41 Å². The quantitative estimate of drug-likeness (QED) is 0.762. The molecule has 0 amide bonds. The Morgan fingerprint density at radius 1 is 1.50 bits per heavy atom. The zero-order chi connectivity index (χ0) is 11.8. The van der Waals surface area contributed by atoms with Gasteiger partial charge in [-0.1, -0.05) is 18.0 Å². The molecule has 0 aromatic heterocycles. The fourth-order valence-corrected chi connectivity index (χ4v) is 2.40. The van der Waals surface area contributed by atoms with Gasteiger partial charge in [-0.2, -0.15) is 5.26 Å². The van der Waals surface area contributed by atoms with Crippen molar-refractivity contribution < 1.29 is 4.39 Å². The third kappa shape index (κ3) is 1.92. The number of halogens is 2. The standard InChI is InChI=1S/C13H13ClFN/c1-9-5-11(14)10(6-12(9)15)7-13(8-16)3-2-4-13/h5-6H,2-4,7H2,1H3. The van der Waals surface area contributed by atoms with Crippen molar-refractivity contribution in [2.75, 3.05) is 0 Å². The molecular weight excluding hydrogens is 225 g/mol. The van der Waals surface area contributed by atoms with Gasteiger partial charge >= 0.3 is 0 Å². The van der Waals surface area contributed by atoms with Gasteiger partial charge in [0.2, 0.25) is 0 Å². The van der Waals surface area contributed by atoms with E-state index < -0.39 is 0 Å². The summed E-state index contributed by atoms with van der Waals surface area (Å²) < 4.78 is 13.4. The van der Waals surface area contributed by atoms with Crippen molar-refractivity contribution in [1.82, 2.24) is 0 Å². The van der Waals surface area contributed by atoms with Gasteiger partial charge in [0.15, 0.2) is 0 Å². The monoisotopic (exact) mass is 237 g/mol. The highest BCUT2D eigenvalue weighted by molar-refractivity contribution is 6.31. The molecule has 1 aliphatic rings. The topological polar surface area (TPSA) is 23.8 Å². The molecule has 1 nitrogen and oxygen atoms in total. The van der Waals surface area contributed by atoms with Gasteiger partial charge in [-0.05, 0) is 49.4 Å². The summed E-state index contributed by atoms with van der Waals surface area (Å²) in [5, 5.41) is 9.70. The minimum atomic E-state index is -0.300. The van der Waals surface area contributed by atoms with Crippen molar-refractivity contribution in [1.29, 1.82) is 5.26 Å². The molecule has 0 spiro atoms. The van der Waals surface area contributed by atoms with Crippen molar-refractivity contribution in [3.8, 4) is 6.07 Å².